The van der Waals surface area contributed by atoms with Crippen LogP contribution in [0.5, 0.6) is 0 Å². The number of para-hydroxylation sites is 2. The number of imidazole rings is 1. The molecule has 0 radical (unpaired) electrons. The van der Waals surface area contributed by atoms with Crippen LogP contribution in [0, 0.1) is 0 Å². The van der Waals surface area contributed by atoms with Gasteiger partial charge < -0.3 is 9.30 Å². The van der Waals surface area contributed by atoms with Gasteiger partial charge in [0.1, 0.15) is 5.82 Å². The van der Waals surface area contributed by atoms with Crippen molar-refractivity contribution < 1.29 is 9.53 Å². The maximum absolute atomic E-state index is 11.3. The average molecular weight is 309 g/mol. The molecule has 0 saturated carbocycles. The number of carbonyl (C=O) groups excluding carboxylic acids is 1. The van der Waals surface area contributed by atoms with Crippen LogP contribution in [-0.2, 0) is 22.0 Å². The Labute approximate surface area is 130 Å². The van der Waals surface area contributed by atoms with Crippen LogP contribution >= 0.6 is 11.6 Å². The molecule has 0 atom stereocenters. The molecule has 5 heteroatoms. The second-order valence-electron chi connectivity index (χ2n) is 4.92. The first kappa shape index (κ1) is 15.8. The predicted octanol–water partition coefficient (Wildman–Crippen LogP) is 3.90. The van der Waals surface area contributed by atoms with Gasteiger partial charge in [0.15, 0.2) is 0 Å². The maximum atomic E-state index is 11.3. The highest BCUT2D eigenvalue weighted by Crippen LogP contribution is 2.18. The molecule has 0 amide bonds. The lowest BCUT2D eigenvalue weighted by Crippen LogP contribution is -2.05. The molecule has 114 valence electrons. The molecule has 2 aromatic rings. The highest BCUT2D eigenvalue weighted by molar-refractivity contribution is 6.16. The molecule has 4 nitrogen and oxygen atoms in total. The minimum absolute atomic E-state index is 0.105. The van der Waals surface area contributed by atoms with Gasteiger partial charge in [0.05, 0.1) is 23.5 Å². The predicted molar refractivity (Wildman–Crippen MR) is 84.4 cm³/mol. The number of aryl methyl sites for hydroxylation is 1. The highest BCUT2D eigenvalue weighted by Gasteiger charge is 2.09. The molecule has 2 rings (SSSR count). The Morgan fingerprint density at radius 1 is 1.29 bits per heavy atom. The number of fused-ring (bicyclic) bond motifs is 1. The van der Waals surface area contributed by atoms with Gasteiger partial charge in [-0.3, -0.25) is 4.79 Å². The molecule has 0 spiro atoms. The summed E-state index contributed by atoms with van der Waals surface area (Å²) in [5.41, 5.74) is 2.11. The van der Waals surface area contributed by atoms with E-state index in [-0.39, 0.29) is 5.97 Å². The van der Waals surface area contributed by atoms with E-state index in [4.69, 9.17) is 16.3 Å². The average Bonchev–Trinajstić information content (AvgIpc) is 2.85. The van der Waals surface area contributed by atoms with E-state index in [0.717, 1.165) is 42.7 Å². The number of alkyl halides is 1. The molecule has 0 aliphatic carbocycles. The third-order valence-electron chi connectivity index (χ3n) is 3.42. The lowest BCUT2D eigenvalue weighted by Gasteiger charge is -2.07. The van der Waals surface area contributed by atoms with Gasteiger partial charge in [0.25, 0.3) is 0 Å². The lowest BCUT2D eigenvalue weighted by atomic mass is 10.2. The van der Waals surface area contributed by atoms with Crippen molar-refractivity contribution in [3.63, 3.8) is 0 Å². The summed E-state index contributed by atoms with van der Waals surface area (Å²) in [5.74, 6) is 1.22. The lowest BCUT2D eigenvalue weighted by molar-refractivity contribution is -0.143. The van der Waals surface area contributed by atoms with Crippen LogP contribution in [0.15, 0.2) is 24.3 Å². The highest BCUT2D eigenvalue weighted by atomic mass is 35.5. The van der Waals surface area contributed by atoms with Crippen molar-refractivity contribution in [3.8, 4) is 0 Å². The molecule has 0 N–H and O–H groups in total. The number of hydrogen-bond donors (Lipinski definition) is 0. The van der Waals surface area contributed by atoms with Gasteiger partial charge in [-0.15, -0.1) is 11.6 Å². The number of hydrogen-bond acceptors (Lipinski definition) is 3. The number of nitrogens with zero attached hydrogens (tertiary/aromatic N) is 2. The maximum Gasteiger partial charge on any atom is 0.305 e. The van der Waals surface area contributed by atoms with E-state index in [1.165, 1.54) is 0 Å². The van der Waals surface area contributed by atoms with E-state index in [1.54, 1.807) is 0 Å². The molecule has 0 saturated heterocycles. The minimum Gasteiger partial charge on any atom is -0.466 e. The monoisotopic (exact) mass is 308 g/mol. The van der Waals surface area contributed by atoms with Crippen molar-refractivity contribution in [1.29, 1.82) is 0 Å². The Kier molecular flexibility index (Phi) is 6.05. The van der Waals surface area contributed by atoms with Gasteiger partial charge in [-0.1, -0.05) is 18.6 Å². The van der Waals surface area contributed by atoms with Crippen LogP contribution in [0.25, 0.3) is 11.0 Å². The summed E-state index contributed by atoms with van der Waals surface area (Å²) in [7, 11) is 0. The van der Waals surface area contributed by atoms with Gasteiger partial charge in [0.2, 0.25) is 0 Å². The third kappa shape index (κ3) is 4.21. The minimum atomic E-state index is -0.105. The fourth-order valence-corrected chi connectivity index (χ4v) is 2.63. The summed E-state index contributed by atoms with van der Waals surface area (Å²) < 4.78 is 7.09. The van der Waals surface area contributed by atoms with E-state index in [2.05, 4.69) is 15.6 Å². The van der Waals surface area contributed by atoms with Crippen LogP contribution < -0.4 is 0 Å². The number of esters is 1. The molecule has 0 unspecified atom stereocenters. The van der Waals surface area contributed by atoms with Crippen molar-refractivity contribution in [2.75, 3.05) is 6.61 Å². The first-order valence-electron chi connectivity index (χ1n) is 7.42. The van der Waals surface area contributed by atoms with Gasteiger partial charge in [-0.2, -0.15) is 0 Å². The molecule has 1 heterocycles. The van der Waals surface area contributed by atoms with Crippen molar-refractivity contribution >= 4 is 28.6 Å². The molecule has 1 aromatic heterocycles. The van der Waals surface area contributed by atoms with E-state index in [1.807, 2.05) is 25.1 Å². The van der Waals surface area contributed by atoms with E-state index >= 15 is 0 Å². The third-order valence-corrected chi connectivity index (χ3v) is 3.66. The molecule has 0 fully saturated rings. The zero-order chi connectivity index (χ0) is 15.1. The molecule has 0 aliphatic heterocycles. The molecular weight excluding hydrogens is 288 g/mol. The fraction of sp³-hybridized carbons (Fsp3) is 0.500. The van der Waals surface area contributed by atoms with Crippen LogP contribution in [0.3, 0.4) is 0 Å². The number of unbranched alkanes of at least 4 members (excludes halogenated alkanes) is 2. The summed E-state index contributed by atoms with van der Waals surface area (Å²) in [6.45, 7) is 3.17. The molecule has 0 aliphatic rings. The summed E-state index contributed by atoms with van der Waals surface area (Å²) >= 11 is 5.98. The van der Waals surface area contributed by atoms with Crippen LogP contribution in [0.1, 0.15) is 38.4 Å². The van der Waals surface area contributed by atoms with Crippen molar-refractivity contribution in [1.82, 2.24) is 9.55 Å². The summed E-state index contributed by atoms with van der Waals surface area (Å²) in [6.07, 6.45) is 3.36. The van der Waals surface area contributed by atoms with Gasteiger partial charge in [0, 0.05) is 13.0 Å². The topological polar surface area (TPSA) is 44.1 Å². The Balaban J connectivity index is 1.87. The second kappa shape index (κ2) is 8.03. The molecule has 0 bridgehead atoms. The second-order valence-corrected chi connectivity index (χ2v) is 5.18. The number of rotatable bonds is 8. The number of carbonyl (C=O) groups is 1. The number of halogens is 1. The van der Waals surface area contributed by atoms with E-state index in [0.29, 0.717) is 18.9 Å². The van der Waals surface area contributed by atoms with Crippen LogP contribution in [0.4, 0.5) is 0 Å². The number of aromatic nitrogens is 2. The Morgan fingerprint density at radius 3 is 2.86 bits per heavy atom. The van der Waals surface area contributed by atoms with Crippen LogP contribution in [-0.4, -0.2) is 22.1 Å². The first-order chi connectivity index (χ1) is 10.3. The Bertz CT molecular complexity index is 595. The molecule has 21 heavy (non-hydrogen) atoms. The van der Waals surface area contributed by atoms with Gasteiger partial charge in [-0.05, 0) is 31.9 Å². The largest absolute Gasteiger partial charge is 0.466 e. The zero-order valence-electron chi connectivity index (χ0n) is 12.3. The van der Waals surface area contributed by atoms with E-state index < -0.39 is 0 Å². The standard InChI is InChI=1S/C16H21ClN2O2/c1-2-21-16(20)10-4-3-7-11-19-14-9-6-5-8-13(14)18-15(19)12-17/h5-6,8-9H,2-4,7,10-12H2,1H3. The zero-order valence-corrected chi connectivity index (χ0v) is 13.1. The number of benzene rings is 1. The smallest absolute Gasteiger partial charge is 0.305 e. The molecular formula is C16H21ClN2O2. The van der Waals surface area contributed by atoms with Crippen molar-refractivity contribution in [2.24, 2.45) is 0 Å². The quantitative estimate of drug-likeness (QED) is 0.422. The number of ether oxygens (including phenoxy) is 1. The van der Waals surface area contributed by atoms with Gasteiger partial charge in [-0.25, -0.2) is 4.98 Å². The summed E-state index contributed by atoms with van der Waals surface area (Å²) in [4.78, 5) is 15.8. The Morgan fingerprint density at radius 2 is 2.10 bits per heavy atom. The van der Waals surface area contributed by atoms with Crippen molar-refractivity contribution in [3.05, 3.63) is 30.1 Å². The van der Waals surface area contributed by atoms with Crippen molar-refractivity contribution in [2.45, 2.75) is 45.0 Å². The first-order valence-corrected chi connectivity index (χ1v) is 7.95. The van der Waals surface area contributed by atoms with Crippen LogP contribution in [0.2, 0.25) is 0 Å². The van der Waals surface area contributed by atoms with E-state index in [9.17, 15) is 4.79 Å². The fourth-order valence-electron chi connectivity index (χ4n) is 2.43. The Hall–Kier alpha value is -1.55. The van der Waals surface area contributed by atoms with Gasteiger partial charge >= 0.3 is 5.97 Å². The summed E-state index contributed by atoms with van der Waals surface area (Å²) in [5, 5.41) is 0. The SMILES string of the molecule is CCOC(=O)CCCCCn1c(CCl)nc2ccccc21. The molecule has 1 aromatic carbocycles. The summed E-state index contributed by atoms with van der Waals surface area (Å²) in [6, 6.07) is 8.07. The normalized spacial score (nSPS) is 11.0.